The fourth-order valence-corrected chi connectivity index (χ4v) is 2.29. The summed E-state index contributed by atoms with van der Waals surface area (Å²) < 4.78 is 15.3. The lowest BCUT2D eigenvalue weighted by Gasteiger charge is -2.40. The molecule has 2 aliphatic rings. The summed E-state index contributed by atoms with van der Waals surface area (Å²) in [5, 5.41) is 66.2. The third-order valence-corrected chi connectivity index (χ3v) is 3.62. The average Bonchev–Trinajstić information content (AvgIpc) is 2.75. The molecule has 10 nitrogen and oxygen atoms in total. The number of rotatable bonds is 4. The van der Waals surface area contributed by atoms with Crippen LogP contribution in [0.2, 0.25) is 0 Å². The molecule has 21 heavy (non-hydrogen) atoms. The topological polar surface area (TPSA) is 169 Å². The van der Waals surface area contributed by atoms with Crippen LogP contribution in [0.3, 0.4) is 0 Å². The van der Waals surface area contributed by atoms with Gasteiger partial charge in [-0.3, -0.25) is 0 Å². The van der Waals surface area contributed by atoms with Gasteiger partial charge in [0.15, 0.2) is 12.6 Å². The van der Waals surface area contributed by atoms with Crippen LogP contribution in [0.1, 0.15) is 0 Å². The molecule has 7 N–H and O–H groups in total. The first-order valence-corrected chi connectivity index (χ1v) is 6.49. The van der Waals surface area contributed by atoms with E-state index < -0.39 is 68.5 Å². The van der Waals surface area contributed by atoms with Gasteiger partial charge in [-0.2, -0.15) is 0 Å². The van der Waals surface area contributed by atoms with Crippen molar-refractivity contribution in [2.24, 2.45) is 0 Å². The molecule has 0 aromatic heterocycles. The molecule has 0 radical (unpaired) electrons. The fraction of sp³-hybridized carbons (Fsp3) is 1.00. The molecule has 0 saturated carbocycles. The number of ether oxygens (including phenoxy) is 3. The van der Waals surface area contributed by atoms with Crippen LogP contribution in [0.4, 0.5) is 0 Å². The summed E-state index contributed by atoms with van der Waals surface area (Å²) >= 11 is 0. The van der Waals surface area contributed by atoms with E-state index in [1.165, 1.54) is 0 Å². The van der Waals surface area contributed by atoms with Crippen LogP contribution in [-0.2, 0) is 14.2 Å². The number of hydrogen-bond donors (Lipinski definition) is 7. The van der Waals surface area contributed by atoms with Gasteiger partial charge in [-0.1, -0.05) is 0 Å². The predicted molar refractivity (Wildman–Crippen MR) is 62.6 cm³/mol. The van der Waals surface area contributed by atoms with E-state index in [0.29, 0.717) is 0 Å². The number of aliphatic hydroxyl groups excluding tert-OH is 7. The Morgan fingerprint density at radius 3 is 1.43 bits per heavy atom. The maximum Gasteiger partial charge on any atom is 0.189 e. The van der Waals surface area contributed by atoms with Gasteiger partial charge < -0.3 is 50.0 Å². The minimum atomic E-state index is -1.65. The van der Waals surface area contributed by atoms with Gasteiger partial charge in [0, 0.05) is 0 Å². The van der Waals surface area contributed by atoms with Crippen LogP contribution >= 0.6 is 0 Å². The molecule has 2 rings (SSSR count). The Bertz CT molecular complexity index is 339. The van der Waals surface area contributed by atoms with Crippen molar-refractivity contribution in [3.8, 4) is 0 Å². The Morgan fingerprint density at radius 2 is 1.00 bits per heavy atom. The third kappa shape index (κ3) is 3.19. The molecule has 0 aromatic carbocycles. The summed E-state index contributed by atoms with van der Waals surface area (Å²) in [7, 11) is 0. The van der Waals surface area contributed by atoms with Crippen molar-refractivity contribution >= 4 is 0 Å². The zero-order valence-electron chi connectivity index (χ0n) is 11.0. The average molecular weight is 312 g/mol. The van der Waals surface area contributed by atoms with E-state index in [1.807, 2.05) is 0 Å². The maximum absolute atomic E-state index is 9.77. The third-order valence-electron chi connectivity index (χ3n) is 3.62. The molecule has 0 aliphatic carbocycles. The van der Waals surface area contributed by atoms with E-state index in [1.54, 1.807) is 0 Å². The van der Waals surface area contributed by atoms with Crippen molar-refractivity contribution in [2.75, 3.05) is 13.2 Å². The molecule has 10 heteroatoms. The number of aliphatic hydroxyl groups is 7. The van der Waals surface area contributed by atoms with Gasteiger partial charge in [0.2, 0.25) is 0 Å². The Morgan fingerprint density at radius 1 is 0.619 bits per heavy atom. The zero-order valence-corrected chi connectivity index (χ0v) is 11.0. The first-order valence-electron chi connectivity index (χ1n) is 6.49. The van der Waals surface area contributed by atoms with E-state index in [9.17, 15) is 25.5 Å². The monoisotopic (exact) mass is 312 g/mol. The highest BCUT2D eigenvalue weighted by Gasteiger charge is 2.49. The quantitative estimate of drug-likeness (QED) is 0.267. The Hall–Kier alpha value is -0.400. The maximum atomic E-state index is 9.77. The molecule has 2 saturated heterocycles. The SMILES string of the molecule is OCC1O[C@@H](O[C@@H]2O[C@H](CO)C(O)[C@H]2O)C(O)[C@H](O)[C@H]1O. The first kappa shape index (κ1) is 17.0. The molecule has 2 heterocycles. The van der Waals surface area contributed by atoms with Crippen molar-refractivity contribution in [3.05, 3.63) is 0 Å². The summed E-state index contributed by atoms with van der Waals surface area (Å²) in [4.78, 5) is 0. The standard InChI is InChI=1S/C11H20O10/c12-1-3-5(14)7(16)9(18)11(19-3)21-10-8(17)6(15)4(2-13)20-10/h3-18H,1-2H2/t3?,4-,5+,6?,7-,8-,9?,10+,11+/m1/s1. The van der Waals surface area contributed by atoms with Crippen LogP contribution in [0.5, 0.6) is 0 Å². The normalized spacial score (nSPS) is 51.3. The highest BCUT2D eigenvalue weighted by atomic mass is 16.8. The van der Waals surface area contributed by atoms with E-state index >= 15 is 0 Å². The summed E-state index contributed by atoms with van der Waals surface area (Å²) in [6, 6.07) is 0. The number of hydrogen-bond acceptors (Lipinski definition) is 10. The van der Waals surface area contributed by atoms with Crippen molar-refractivity contribution in [3.63, 3.8) is 0 Å². The Kier molecular flexibility index (Phi) is 5.48. The second-order valence-electron chi connectivity index (χ2n) is 5.04. The molecule has 2 fully saturated rings. The molecule has 3 unspecified atom stereocenters. The lowest BCUT2D eigenvalue weighted by Crippen LogP contribution is -2.60. The van der Waals surface area contributed by atoms with Crippen LogP contribution < -0.4 is 0 Å². The van der Waals surface area contributed by atoms with E-state index in [0.717, 1.165) is 0 Å². The van der Waals surface area contributed by atoms with Gasteiger partial charge in [0.05, 0.1) is 13.2 Å². The van der Waals surface area contributed by atoms with Crippen molar-refractivity contribution in [1.82, 2.24) is 0 Å². The first-order chi connectivity index (χ1) is 9.90. The highest BCUT2D eigenvalue weighted by molar-refractivity contribution is 4.91. The van der Waals surface area contributed by atoms with Crippen molar-refractivity contribution < 1.29 is 50.0 Å². The Balaban J connectivity index is 2.01. The smallest absolute Gasteiger partial charge is 0.189 e. The summed E-state index contributed by atoms with van der Waals surface area (Å²) in [6.45, 7) is -1.17. The zero-order chi connectivity index (χ0) is 15.7. The lowest BCUT2D eigenvalue weighted by atomic mass is 9.99. The fourth-order valence-electron chi connectivity index (χ4n) is 2.29. The van der Waals surface area contributed by atoms with E-state index in [4.69, 9.17) is 24.4 Å². The van der Waals surface area contributed by atoms with Crippen LogP contribution in [-0.4, -0.2) is 104 Å². The van der Waals surface area contributed by atoms with Crippen molar-refractivity contribution in [2.45, 2.75) is 55.3 Å². The summed E-state index contributed by atoms with van der Waals surface area (Å²) in [5.74, 6) is 0. The second-order valence-corrected chi connectivity index (χ2v) is 5.04. The molecule has 124 valence electrons. The summed E-state index contributed by atoms with van der Waals surface area (Å²) in [6.07, 6.45) is -12.8. The Labute approximate surface area is 119 Å². The van der Waals surface area contributed by atoms with Crippen LogP contribution in [0, 0.1) is 0 Å². The molecule has 9 atom stereocenters. The predicted octanol–water partition coefficient (Wildman–Crippen LogP) is -4.76. The minimum Gasteiger partial charge on any atom is -0.394 e. The highest BCUT2D eigenvalue weighted by Crippen LogP contribution is 2.28. The molecule has 0 amide bonds. The molecule has 0 bridgehead atoms. The van der Waals surface area contributed by atoms with E-state index in [-0.39, 0.29) is 0 Å². The van der Waals surface area contributed by atoms with E-state index in [2.05, 4.69) is 0 Å². The molecular weight excluding hydrogens is 292 g/mol. The molecular formula is C11H20O10. The second kappa shape index (κ2) is 6.79. The van der Waals surface area contributed by atoms with Crippen LogP contribution in [0.15, 0.2) is 0 Å². The van der Waals surface area contributed by atoms with Gasteiger partial charge in [0.1, 0.15) is 42.7 Å². The van der Waals surface area contributed by atoms with Gasteiger partial charge >= 0.3 is 0 Å². The largest absolute Gasteiger partial charge is 0.394 e. The minimum absolute atomic E-state index is 0.549. The lowest BCUT2D eigenvalue weighted by molar-refractivity contribution is -0.341. The van der Waals surface area contributed by atoms with Gasteiger partial charge in [-0.15, -0.1) is 0 Å². The van der Waals surface area contributed by atoms with Gasteiger partial charge in [0.25, 0.3) is 0 Å². The van der Waals surface area contributed by atoms with Gasteiger partial charge in [-0.05, 0) is 0 Å². The molecule has 0 spiro atoms. The molecule has 2 aliphatic heterocycles. The van der Waals surface area contributed by atoms with Crippen molar-refractivity contribution in [1.29, 1.82) is 0 Å². The van der Waals surface area contributed by atoms with Crippen LogP contribution in [0.25, 0.3) is 0 Å². The van der Waals surface area contributed by atoms with Gasteiger partial charge in [-0.25, -0.2) is 0 Å². The summed E-state index contributed by atoms with van der Waals surface area (Å²) in [5.41, 5.74) is 0. The molecule has 0 aromatic rings.